The molecule has 1 aliphatic carbocycles. The van der Waals surface area contributed by atoms with E-state index in [0.717, 1.165) is 18.2 Å². The minimum Gasteiger partial charge on any atom is -0.347 e. The number of aromatic nitrogens is 2. The van der Waals surface area contributed by atoms with Gasteiger partial charge in [0.1, 0.15) is 5.82 Å². The van der Waals surface area contributed by atoms with Crippen molar-refractivity contribution in [1.29, 1.82) is 0 Å². The third-order valence-electron chi connectivity index (χ3n) is 4.08. The largest absolute Gasteiger partial charge is 0.347 e. The Kier molecular flexibility index (Phi) is 4.60. The Hall–Kier alpha value is -0.830. The van der Waals surface area contributed by atoms with Crippen LogP contribution in [-0.2, 0) is 0 Å². The average molecular weight is 235 g/mol. The highest BCUT2D eigenvalue weighted by atomic mass is 15.0. The second kappa shape index (κ2) is 6.20. The molecule has 1 heterocycles. The summed E-state index contributed by atoms with van der Waals surface area (Å²) in [7, 11) is 0. The lowest BCUT2D eigenvalue weighted by molar-refractivity contribution is 0.260. The maximum absolute atomic E-state index is 4.37. The fraction of sp³-hybridized carbons (Fsp3) is 0.786. The highest BCUT2D eigenvalue weighted by molar-refractivity contribution is 4.96. The molecule has 0 aliphatic heterocycles. The summed E-state index contributed by atoms with van der Waals surface area (Å²) in [5.74, 6) is 1.93. The first kappa shape index (κ1) is 12.6. The molecule has 2 N–H and O–H groups in total. The van der Waals surface area contributed by atoms with E-state index in [-0.39, 0.29) is 0 Å². The zero-order valence-electron chi connectivity index (χ0n) is 11.1. The van der Waals surface area contributed by atoms with Gasteiger partial charge in [-0.05, 0) is 32.1 Å². The second-order valence-electron chi connectivity index (χ2n) is 5.29. The average Bonchev–Trinajstić information content (AvgIpc) is 2.90. The third-order valence-corrected chi connectivity index (χ3v) is 4.08. The fourth-order valence-electron chi connectivity index (χ4n) is 2.95. The van der Waals surface area contributed by atoms with Gasteiger partial charge in [0.05, 0.1) is 6.04 Å². The first-order chi connectivity index (χ1) is 8.31. The molecule has 0 aromatic carbocycles. The fourth-order valence-corrected chi connectivity index (χ4v) is 2.95. The van der Waals surface area contributed by atoms with Crippen LogP contribution in [0.3, 0.4) is 0 Å². The smallest absolute Gasteiger partial charge is 0.123 e. The van der Waals surface area contributed by atoms with E-state index in [1.54, 1.807) is 0 Å². The van der Waals surface area contributed by atoms with Crippen molar-refractivity contribution in [2.75, 3.05) is 0 Å². The minimum atomic E-state index is 0.377. The van der Waals surface area contributed by atoms with Gasteiger partial charge in [-0.25, -0.2) is 4.98 Å². The molecule has 3 nitrogen and oxygen atoms in total. The van der Waals surface area contributed by atoms with Gasteiger partial charge in [-0.1, -0.05) is 26.2 Å². The van der Waals surface area contributed by atoms with Crippen molar-refractivity contribution in [3.05, 3.63) is 18.2 Å². The highest BCUT2D eigenvalue weighted by Gasteiger charge is 2.23. The molecule has 1 aromatic rings. The summed E-state index contributed by atoms with van der Waals surface area (Å²) < 4.78 is 0. The molecule has 1 aliphatic rings. The topological polar surface area (TPSA) is 40.7 Å². The lowest BCUT2D eigenvalue weighted by Gasteiger charge is -2.31. The van der Waals surface area contributed by atoms with Crippen LogP contribution in [-0.4, -0.2) is 16.0 Å². The van der Waals surface area contributed by atoms with Crippen molar-refractivity contribution in [3.63, 3.8) is 0 Å². The Balaban J connectivity index is 1.89. The van der Waals surface area contributed by atoms with Crippen LogP contribution in [0.4, 0.5) is 0 Å². The van der Waals surface area contributed by atoms with Gasteiger partial charge in [0, 0.05) is 18.4 Å². The van der Waals surface area contributed by atoms with Gasteiger partial charge in [-0.15, -0.1) is 0 Å². The number of hydrogen-bond donors (Lipinski definition) is 2. The summed E-state index contributed by atoms with van der Waals surface area (Å²) in [6, 6.07) is 0.979. The van der Waals surface area contributed by atoms with Crippen LogP contribution in [0.5, 0.6) is 0 Å². The van der Waals surface area contributed by atoms with Crippen molar-refractivity contribution >= 4 is 0 Å². The predicted octanol–water partition coefficient (Wildman–Crippen LogP) is 3.42. The van der Waals surface area contributed by atoms with Gasteiger partial charge in [0.25, 0.3) is 0 Å². The Labute approximate surface area is 104 Å². The maximum Gasteiger partial charge on any atom is 0.123 e. The molecule has 1 fully saturated rings. The van der Waals surface area contributed by atoms with Crippen LogP contribution in [0.15, 0.2) is 12.4 Å². The Morgan fingerprint density at radius 1 is 1.41 bits per heavy atom. The van der Waals surface area contributed by atoms with E-state index in [0.29, 0.717) is 12.1 Å². The summed E-state index contributed by atoms with van der Waals surface area (Å²) in [4.78, 5) is 7.59. The van der Waals surface area contributed by atoms with Crippen LogP contribution in [0.2, 0.25) is 0 Å². The molecule has 1 aromatic heterocycles. The minimum absolute atomic E-state index is 0.377. The summed E-state index contributed by atoms with van der Waals surface area (Å²) in [6.45, 7) is 4.55. The van der Waals surface area contributed by atoms with E-state index in [9.17, 15) is 0 Å². The first-order valence-electron chi connectivity index (χ1n) is 7.06. The Morgan fingerprint density at radius 3 is 2.76 bits per heavy atom. The molecule has 2 rings (SSSR count). The lowest BCUT2D eigenvalue weighted by atomic mass is 9.84. The number of imidazole rings is 1. The molecule has 0 saturated heterocycles. The Bertz CT molecular complexity index is 301. The van der Waals surface area contributed by atoms with E-state index in [2.05, 4.69) is 29.1 Å². The summed E-state index contributed by atoms with van der Waals surface area (Å²) >= 11 is 0. The van der Waals surface area contributed by atoms with Crippen molar-refractivity contribution in [2.24, 2.45) is 5.92 Å². The molecular weight excluding hydrogens is 210 g/mol. The highest BCUT2D eigenvalue weighted by Crippen LogP contribution is 2.27. The van der Waals surface area contributed by atoms with E-state index in [1.165, 1.54) is 32.1 Å². The molecule has 3 heteroatoms. The van der Waals surface area contributed by atoms with Crippen LogP contribution in [0.1, 0.15) is 64.2 Å². The molecule has 0 radical (unpaired) electrons. The van der Waals surface area contributed by atoms with Crippen LogP contribution in [0, 0.1) is 5.92 Å². The Morgan fingerprint density at radius 2 is 2.18 bits per heavy atom. The maximum atomic E-state index is 4.37. The quantitative estimate of drug-likeness (QED) is 0.821. The summed E-state index contributed by atoms with van der Waals surface area (Å²) in [5, 5.41) is 3.74. The molecule has 0 spiro atoms. The molecule has 2 unspecified atom stereocenters. The SMILES string of the molecule is CCC(NC(C)C1CCCCC1)c1ncc[nH]1. The van der Waals surface area contributed by atoms with Crippen LogP contribution in [0.25, 0.3) is 0 Å². The predicted molar refractivity (Wildman–Crippen MR) is 70.8 cm³/mol. The molecule has 0 bridgehead atoms. The van der Waals surface area contributed by atoms with E-state index >= 15 is 0 Å². The van der Waals surface area contributed by atoms with E-state index in [1.807, 2.05) is 12.4 Å². The molecule has 0 amide bonds. The molecule has 96 valence electrons. The summed E-state index contributed by atoms with van der Waals surface area (Å²) in [5.41, 5.74) is 0. The van der Waals surface area contributed by atoms with Gasteiger partial charge in [0.2, 0.25) is 0 Å². The van der Waals surface area contributed by atoms with Crippen LogP contribution < -0.4 is 5.32 Å². The summed E-state index contributed by atoms with van der Waals surface area (Å²) in [6.07, 6.45) is 11.9. The van der Waals surface area contributed by atoms with Gasteiger partial charge in [0.15, 0.2) is 0 Å². The zero-order valence-corrected chi connectivity index (χ0v) is 11.1. The van der Waals surface area contributed by atoms with Crippen molar-refractivity contribution in [3.8, 4) is 0 Å². The van der Waals surface area contributed by atoms with Crippen molar-refractivity contribution in [1.82, 2.24) is 15.3 Å². The molecule has 1 saturated carbocycles. The van der Waals surface area contributed by atoms with Gasteiger partial charge >= 0.3 is 0 Å². The van der Waals surface area contributed by atoms with Crippen LogP contribution >= 0.6 is 0 Å². The van der Waals surface area contributed by atoms with Gasteiger partial charge in [-0.2, -0.15) is 0 Å². The zero-order chi connectivity index (χ0) is 12.1. The first-order valence-corrected chi connectivity index (χ1v) is 7.06. The monoisotopic (exact) mass is 235 g/mol. The number of aromatic amines is 1. The van der Waals surface area contributed by atoms with Gasteiger partial charge < -0.3 is 10.3 Å². The number of hydrogen-bond acceptors (Lipinski definition) is 2. The number of nitrogens with one attached hydrogen (secondary N) is 2. The van der Waals surface area contributed by atoms with Gasteiger partial charge in [-0.3, -0.25) is 0 Å². The molecular formula is C14H25N3. The number of nitrogens with zero attached hydrogens (tertiary/aromatic N) is 1. The second-order valence-corrected chi connectivity index (χ2v) is 5.29. The van der Waals surface area contributed by atoms with E-state index in [4.69, 9.17) is 0 Å². The van der Waals surface area contributed by atoms with E-state index < -0.39 is 0 Å². The standard InChI is InChI=1S/C14H25N3/c1-3-13(14-15-9-10-16-14)17-11(2)12-7-5-4-6-8-12/h9-13,17H,3-8H2,1-2H3,(H,15,16). The molecule has 17 heavy (non-hydrogen) atoms. The number of H-pyrrole nitrogens is 1. The third kappa shape index (κ3) is 3.32. The van der Waals surface area contributed by atoms with Crippen molar-refractivity contribution < 1.29 is 0 Å². The number of rotatable bonds is 5. The molecule has 2 atom stereocenters. The lowest BCUT2D eigenvalue weighted by Crippen LogP contribution is -2.37. The normalized spacial score (nSPS) is 21.3. The van der Waals surface area contributed by atoms with Crippen molar-refractivity contribution in [2.45, 2.75) is 64.5 Å².